The van der Waals surface area contributed by atoms with E-state index in [0.29, 0.717) is 5.52 Å². The van der Waals surface area contributed by atoms with E-state index in [1.54, 1.807) is 0 Å². The molecule has 2 aromatic rings. The molecule has 2 amide bonds. The predicted molar refractivity (Wildman–Crippen MR) is 87.4 cm³/mol. The van der Waals surface area contributed by atoms with Gasteiger partial charge in [0.25, 0.3) is 5.91 Å². The number of imidazole rings is 1. The Labute approximate surface area is 142 Å². The summed E-state index contributed by atoms with van der Waals surface area (Å²) in [5, 5.41) is 13.8. The zero-order chi connectivity index (χ0) is 18.6. The molecular formula is C16H19FN4O4. The number of carbonyl (C=O) groups excluding carboxylic acids is 2. The number of carbonyl (C=O) groups is 3. The summed E-state index contributed by atoms with van der Waals surface area (Å²) in [5.41, 5.74) is 0.626. The van der Waals surface area contributed by atoms with Gasteiger partial charge in [0.1, 0.15) is 17.4 Å². The van der Waals surface area contributed by atoms with Crippen molar-refractivity contribution < 1.29 is 23.9 Å². The molecule has 9 heteroatoms. The maximum absolute atomic E-state index is 13.5. The first-order valence-electron chi connectivity index (χ1n) is 7.71. The predicted octanol–water partition coefficient (Wildman–Crippen LogP) is 1.05. The van der Waals surface area contributed by atoms with Crippen molar-refractivity contribution in [2.75, 3.05) is 6.54 Å². The number of hydrogen-bond donors (Lipinski definition) is 4. The molecule has 1 aromatic carbocycles. The van der Waals surface area contributed by atoms with Gasteiger partial charge in [0.2, 0.25) is 5.91 Å². The molecule has 1 heterocycles. The smallest absolute Gasteiger partial charge is 0.326 e. The fourth-order valence-corrected chi connectivity index (χ4v) is 2.38. The highest BCUT2D eigenvalue weighted by Gasteiger charge is 2.21. The van der Waals surface area contributed by atoms with Crippen molar-refractivity contribution in [2.45, 2.75) is 26.3 Å². The lowest BCUT2D eigenvalue weighted by Gasteiger charge is -2.16. The van der Waals surface area contributed by atoms with Gasteiger partial charge in [0.15, 0.2) is 0 Å². The molecule has 0 aliphatic carbocycles. The van der Waals surface area contributed by atoms with Gasteiger partial charge in [-0.25, -0.2) is 14.2 Å². The van der Waals surface area contributed by atoms with Gasteiger partial charge in [-0.05, 0) is 24.5 Å². The molecule has 0 saturated heterocycles. The van der Waals surface area contributed by atoms with Gasteiger partial charge in [-0.3, -0.25) is 9.59 Å². The average Bonchev–Trinajstić information content (AvgIpc) is 2.98. The van der Waals surface area contributed by atoms with Crippen LogP contribution in [0.2, 0.25) is 0 Å². The van der Waals surface area contributed by atoms with Crippen molar-refractivity contribution >= 4 is 28.8 Å². The summed E-state index contributed by atoms with van der Waals surface area (Å²) in [6.07, 6.45) is 1.60. The van der Waals surface area contributed by atoms with Gasteiger partial charge < -0.3 is 20.7 Å². The van der Waals surface area contributed by atoms with Crippen LogP contribution in [0.5, 0.6) is 0 Å². The van der Waals surface area contributed by atoms with Gasteiger partial charge in [0.05, 0.1) is 24.0 Å². The maximum atomic E-state index is 13.5. The Morgan fingerprint density at radius 3 is 2.68 bits per heavy atom. The largest absolute Gasteiger partial charge is 0.480 e. The van der Waals surface area contributed by atoms with Crippen molar-refractivity contribution in [1.29, 1.82) is 0 Å². The third kappa shape index (κ3) is 4.75. The molecule has 1 atom stereocenters. The number of carboxylic acid groups (broad SMARTS) is 1. The molecule has 1 aromatic heterocycles. The lowest BCUT2D eigenvalue weighted by molar-refractivity contribution is -0.142. The molecule has 0 radical (unpaired) electrons. The Morgan fingerprint density at radius 2 is 2.04 bits per heavy atom. The normalized spacial score (nSPS) is 12.2. The van der Waals surface area contributed by atoms with E-state index in [-0.39, 0.29) is 23.4 Å². The summed E-state index contributed by atoms with van der Waals surface area (Å²) in [4.78, 5) is 41.8. The van der Waals surface area contributed by atoms with E-state index in [1.807, 2.05) is 13.8 Å². The zero-order valence-electron chi connectivity index (χ0n) is 13.8. The number of aliphatic carboxylic acids is 1. The first kappa shape index (κ1) is 18.4. The Hall–Kier alpha value is -2.97. The lowest BCUT2D eigenvalue weighted by atomic mass is 10.0. The van der Waals surface area contributed by atoms with Crippen LogP contribution in [0.1, 0.15) is 30.6 Å². The van der Waals surface area contributed by atoms with Crippen molar-refractivity contribution in [2.24, 2.45) is 5.92 Å². The molecule has 0 fully saturated rings. The number of amides is 2. The minimum atomic E-state index is -1.14. The van der Waals surface area contributed by atoms with Crippen molar-refractivity contribution in [3.8, 4) is 0 Å². The second kappa shape index (κ2) is 7.73. The molecule has 8 nitrogen and oxygen atoms in total. The first-order chi connectivity index (χ1) is 11.8. The minimum Gasteiger partial charge on any atom is -0.480 e. The highest BCUT2D eigenvalue weighted by Crippen LogP contribution is 2.17. The number of rotatable bonds is 7. The molecule has 0 aliphatic rings. The van der Waals surface area contributed by atoms with Crippen LogP contribution in [-0.2, 0) is 9.59 Å². The number of aromatic amines is 1. The Morgan fingerprint density at radius 1 is 1.32 bits per heavy atom. The van der Waals surface area contributed by atoms with E-state index in [9.17, 15) is 18.8 Å². The quantitative estimate of drug-likeness (QED) is 0.594. The van der Waals surface area contributed by atoms with Crippen LogP contribution in [-0.4, -0.2) is 45.4 Å². The van der Waals surface area contributed by atoms with Gasteiger partial charge in [0, 0.05) is 0 Å². The summed E-state index contributed by atoms with van der Waals surface area (Å²) in [6, 6.07) is 1.20. The van der Waals surface area contributed by atoms with E-state index in [2.05, 4.69) is 20.6 Å². The van der Waals surface area contributed by atoms with E-state index in [0.717, 1.165) is 6.07 Å². The van der Waals surface area contributed by atoms with E-state index in [4.69, 9.17) is 5.11 Å². The second-order valence-corrected chi connectivity index (χ2v) is 6.02. The minimum absolute atomic E-state index is 0.0129. The summed E-state index contributed by atoms with van der Waals surface area (Å²) < 4.78 is 13.5. The molecule has 4 N–H and O–H groups in total. The molecule has 2 rings (SSSR count). The van der Waals surface area contributed by atoms with Crippen LogP contribution in [0.3, 0.4) is 0 Å². The standard InChI is InChI=1S/C16H19FN4O4/c1-8(2)3-12(16(24)25)21-13(22)6-18-15(23)10-4-9(17)5-11-14(10)20-7-19-11/h4-5,7-8,12H,3,6H2,1-2H3,(H,18,23)(H,19,20)(H,21,22)(H,24,25)/t12-/m0/s1. The molecule has 0 bridgehead atoms. The number of nitrogens with zero attached hydrogens (tertiary/aromatic N) is 1. The zero-order valence-corrected chi connectivity index (χ0v) is 13.8. The van der Waals surface area contributed by atoms with E-state index >= 15 is 0 Å². The Balaban J connectivity index is 2.00. The summed E-state index contributed by atoms with van der Waals surface area (Å²) in [5.74, 6) is -3.00. The maximum Gasteiger partial charge on any atom is 0.326 e. The fraction of sp³-hybridized carbons (Fsp3) is 0.375. The number of nitrogens with one attached hydrogen (secondary N) is 3. The Kier molecular flexibility index (Phi) is 5.68. The highest BCUT2D eigenvalue weighted by molar-refractivity contribution is 6.05. The van der Waals surface area contributed by atoms with E-state index in [1.165, 1.54) is 12.4 Å². The van der Waals surface area contributed by atoms with Crippen LogP contribution in [0.15, 0.2) is 18.5 Å². The van der Waals surface area contributed by atoms with Gasteiger partial charge in [-0.15, -0.1) is 0 Å². The number of benzene rings is 1. The summed E-state index contributed by atoms with van der Waals surface area (Å²) in [7, 11) is 0. The topological polar surface area (TPSA) is 124 Å². The number of hydrogen-bond acceptors (Lipinski definition) is 4. The average molecular weight is 350 g/mol. The lowest BCUT2D eigenvalue weighted by Crippen LogP contribution is -2.46. The van der Waals surface area contributed by atoms with Gasteiger partial charge >= 0.3 is 5.97 Å². The van der Waals surface area contributed by atoms with Crippen molar-refractivity contribution in [3.05, 3.63) is 29.8 Å². The first-order valence-corrected chi connectivity index (χ1v) is 7.71. The van der Waals surface area contributed by atoms with Crippen LogP contribution in [0.4, 0.5) is 4.39 Å². The number of aromatic nitrogens is 2. The SMILES string of the molecule is CC(C)C[C@H](NC(=O)CNC(=O)c1cc(F)cc2[nH]cnc12)C(=O)O. The number of halogens is 1. The summed E-state index contributed by atoms with van der Waals surface area (Å²) >= 11 is 0. The third-order valence-corrected chi connectivity index (χ3v) is 3.48. The molecule has 25 heavy (non-hydrogen) atoms. The molecule has 0 aliphatic heterocycles. The van der Waals surface area contributed by atoms with Gasteiger partial charge in [-0.2, -0.15) is 0 Å². The highest BCUT2D eigenvalue weighted by atomic mass is 19.1. The Bertz CT molecular complexity index is 803. The third-order valence-electron chi connectivity index (χ3n) is 3.48. The van der Waals surface area contributed by atoms with Gasteiger partial charge in [-0.1, -0.05) is 13.8 Å². The number of H-pyrrole nitrogens is 1. The molecule has 0 unspecified atom stereocenters. The molecular weight excluding hydrogens is 331 g/mol. The molecule has 134 valence electrons. The van der Waals surface area contributed by atoms with Crippen LogP contribution in [0.25, 0.3) is 11.0 Å². The van der Waals surface area contributed by atoms with E-state index < -0.39 is 36.2 Å². The van der Waals surface area contributed by atoms with Crippen LogP contribution in [0, 0.1) is 11.7 Å². The van der Waals surface area contributed by atoms with Crippen molar-refractivity contribution in [1.82, 2.24) is 20.6 Å². The number of fused-ring (bicyclic) bond motifs is 1. The molecule has 0 saturated carbocycles. The second-order valence-electron chi connectivity index (χ2n) is 6.02. The monoisotopic (exact) mass is 350 g/mol. The van der Waals surface area contributed by atoms with Crippen LogP contribution < -0.4 is 10.6 Å². The van der Waals surface area contributed by atoms with Crippen LogP contribution >= 0.6 is 0 Å². The summed E-state index contributed by atoms with van der Waals surface area (Å²) in [6.45, 7) is 3.25. The fourth-order valence-electron chi connectivity index (χ4n) is 2.38. The van der Waals surface area contributed by atoms with Crippen molar-refractivity contribution in [3.63, 3.8) is 0 Å². The molecule has 0 spiro atoms. The number of carboxylic acids is 1.